The summed E-state index contributed by atoms with van der Waals surface area (Å²) in [6.45, 7) is 4.69. The number of aromatic nitrogens is 2. The van der Waals surface area contributed by atoms with Crippen molar-refractivity contribution in [3.63, 3.8) is 0 Å². The number of carbonyl (C=O) groups is 2. The van der Waals surface area contributed by atoms with Crippen molar-refractivity contribution in [2.75, 3.05) is 29.4 Å². The molecule has 0 spiro atoms. The van der Waals surface area contributed by atoms with Crippen LogP contribution in [0.3, 0.4) is 0 Å². The van der Waals surface area contributed by atoms with Crippen LogP contribution in [0.15, 0.2) is 42.6 Å². The number of hydrogen-bond donors (Lipinski definition) is 0. The lowest BCUT2D eigenvalue weighted by Gasteiger charge is -2.36. The van der Waals surface area contributed by atoms with Crippen molar-refractivity contribution in [3.8, 4) is 0 Å². The topological polar surface area (TPSA) is 69.6 Å². The van der Waals surface area contributed by atoms with E-state index in [1.807, 2.05) is 24.8 Å². The van der Waals surface area contributed by atoms with Gasteiger partial charge in [-0.15, -0.1) is 0 Å². The minimum absolute atomic E-state index is 0.169. The van der Waals surface area contributed by atoms with Crippen molar-refractivity contribution < 1.29 is 22.8 Å². The van der Waals surface area contributed by atoms with E-state index in [2.05, 4.69) is 9.97 Å². The normalized spacial score (nSPS) is 18.9. The Kier molecular flexibility index (Phi) is 4.77. The highest BCUT2D eigenvalue weighted by Gasteiger charge is 2.48. The average Bonchev–Trinajstić information content (AvgIpc) is 3.01. The number of imide groups is 1. The summed E-state index contributed by atoms with van der Waals surface area (Å²) in [5, 5.41) is 0.460. The maximum atomic E-state index is 13.2. The number of amides is 3. The maximum absolute atomic E-state index is 13.2. The van der Waals surface area contributed by atoms with Crippen LogP contribution in [0.4, 0.5) is 29.5 Å². The molecule has 7 nitrogen and oxygen atoms in total. The van der Waals surface area contributed by atoms with Crippen molar-refractivity contribution in [3.05, 3.63) is 59.4 Å². The molecule has 2 aliphatic heterocycles. The lowest BCUT2D eigenvalue weighted by Crippen LogP contribution is -2.53. The monoisotopic (exact) mass is 455 g/mol. The summed E-state index contributed by atoms with van der Waals surface area (Å²) in [5.74, 6) is 0.117. The standard InChI is InChI=1S/C23H20F3N5O2/c1-13-9-14(2)11-15(10-13)31-21(32)18-12-29(7-8-30(18)22(31)33)20-16-3-4-19(23(24,25)26)28-17(16)5-6-27-20/h3-6,9-11,18H,7-8,12H2,1-2H3. The zero-order valence-corrected chi connectivity index (χ0v) is 17.9. The Balaban J connectivity index is 1.46. The van der Waals surface area contributed by atoms with E-state index in [0.717, 1.165) is 17.2 Å². The van der Waals surface area contributed by atoms with Crippen LogP contribution in [0.2, 0.25) is 0 Å². The first-order valence-corrected chi connectivity index (χ1v) is 10.4. The molecule has 0 saturated carbocycles. The largest absolute Gasteiger partial charge is 0.433 e. The number of halogens is 3. The van der Waals surface area contributed by atoms with Crippen LogP contribution in [-0.2, 0) is 11.0 Å². The van der Waals surface area contributed by atoms with Crippen molar-refractivity contribution >= 4 is 34.3 Å². The fourth-order valence-electron chi connectivity index (χ4n) is 4.55. The SMILES string of the molecule is Cc1cc(C)cc(N2C(=O)C3CN(c4nccc5nc(C(F)(F)F)ccc45)CCN3C2=O)c1. The molecule has 2 fully saturated rings. The van der Waals surface area contributed by atoms with Crippen LogP contribution in [0.5, 0.6) is 0 Å². The number of aryl methyl sites for hydroxylation is 2. The molecule has 0 bridgehead atoms. The number of carbonyl (C=O) groups excluding carboxylic acids is 2. The van der Waals surface area contributed by atoms with Gasteiger partial charge in [0.2, 0.25) is 0 Å². The molecule has 5 rings (SSSR count). The minimum atomic E-state index is -4.54. The Morgan fingerprint density at radius 3 is 2.42 bits per heavy atom. The van der Waals surface area contributed by atoms with Gasteiger partial charge in [0.05, 0.1) is 11.2 Å². The van der Waals surface area contributed by atoms with Crippen molar-refractivity contribution in [2.24, 2.45) is 0 Å². The zero-order valence-electron chi connectivity index (χ0n) is 17.9. The summed E-state index contributed by atoms with van der Waals surface area (Å²) in [7, 11) is 0. The summed E-state index contributed by atoms with van der Waals surface area (Å²) in [6.07, 6.45) is -3.14. The molecule has 1 unspecified atom stereocenters. The second-order valence-corrected chi connectivity index (χ2v) is 8.35. The fourth-order valence-corrected chi connectivity index (χ4v) is 4.55. The summed E-state index contributed by atoms with van der Waals surface area (Å²) < 4.78 is 39.2. The average molecular weight is 455 g/mol. The van der Waals surface area contributed by atoms with E-state index in [0.29, 0.717) is 30.0 Å². The first-order valence-electron chi connectivity index (χ1n) is 10.4. The molecular formula is C23H20F3N5O2. The first-order chi connectivity index (χ1) is 15.6. The van der Waals surface area contributed by atoms with Gasteiger partial charge in [0.15, 0.2) is 0 Å². The molecule has 0 N–H and O–H groups in total. The van der Waals surface area contributed by atoms with E-state index in [4.69, 9.17) is 0 Å². The number of piperazine rings is 1. The van der Waals surface area contributed by atoms with Crippen LogP contribution in [-0.4, -0.2) is 52.5 Å². The summed E-state index contributed by atoms with van der Waals surface area (Å²) in [6, 6.07) is 8.21. The van der Waals surface area contributed by atoms with Crippen LogP contribution in [0.25, 0.3) is 10.9 Å². The van der Waals surface area contributed by atoms with Gasteiger partial charge in [0.1, 0.15) is 17.6 Å². The molecule has 4 heterocycles. The quantitative estimate of drug-likeness (QED) is 0.548. The van der Waals surface area contributed by atoms with Gasteiger partial charge in [-0.1, -0.05) is 6.07 Å². The lowest BCUT2D eigenvalue weighted by molar-refractivity contribution is -0.141. The number of rotatable bonds is 2. The Hall–Kier alpha value is -3.69. The summed E-state index contributed by atoms with van der Waals surface area (Å²) >= 11 is 0. The number of hydrogen-bond acceptors (Lipinski definition) is 5. The molecule has 170 valence electrons. The lowest BCUT2D eigenvalue weighted by atomic mass is 10.1. The molecular weight excluding hydrogens is 435 g/mol. The van der Waals surface area contributed by atoms with E-state index in [-0.39, 0.29) is 24.0 Å². The fraction of sp³-hybridized carbons (Fsp3) is 0.304. The molecule has 2 saturated heterocycles. The van der Waals surface area contributed by atoms with Crippen molar-refractivity contribution in [1.82, 2.24) is 14.9 Å². The van der Waals surface area contributed by atoms with Gasteiger partial charge >= 0.3 is 12.2 Å². The number of alkyl halides is 3. The van der Waals surface area contributed by atoms with Crippen LogP contribution in [0, 0.1) is 13.8 Å². The molecule has 3 aromatic rings. The molecule has 33 heavy (non-hydrogen) atoms. The van der Waals surface area contributed by atoms with Gasteiger partial charge in [0.25, 0.3) is 5.91 Å². The number of benzene rings is 1. The second-order valence-electron chi connectivity index (χ2n) is 8.35. The van der Waals surface area contributed by atoms with Crippen LogP contribution < -0.4 is 9.80 Å². The maximum Gasteiger partial charge on any atom is 0.433 e. The number of pyridine rings is 2. The van der Waals surface area contributed by atoms with Gasteiger partial charge in [-0.25, -0.2) is 19.7 Å². The van der Waals surface area contributed by atoms with Crippen molar-refractivity contribution in [2.45, 2.75) is 26.1 Å². The highest BCUT2D eigenvalue weighted by atomic mass is 19.4. The Bertz CT molecular complexity index is 1270. The molecule has 0 radical (unpaired) electrons. The van der Waals surface area contributed by atoms with Crippen LogP contribution in [0.1, 0.15) is 16.8 Å². The number of nitrogens with zero attached hydrogens (tertiary/aromatic N) is 5. The van der Waals surface area contributed by atoms with Gasteiger partial charge in [-0.05, 0) is 55.3 Å². The molecule has 1 aromatic carbocycles. The van der Waals surface area contributed by atoms with Crippen molar-refractivity contribution in [1.29, 1.82) is 0 Å². The first kappa shape index (κ1) is 21.2. The van der Waals surface area contributed by atoms with E-state index >= 15 is 0 Å². The number of anilines is 2. The molecule has 2 aromatic heterocycles. The molecule has 3 amide bonds. The third-order valence-corrected chi connectivity index (χ3v) is 5.97. The van der Waals surface area contributed by atoms with E-state index in [1.165, 1.54) is 23.2 Å². The Labute approximate surface area is 187 Å². The van der Waals surface area contributed by atoms with Crippen LogP contribution >= 0.6 is 0 Å². The highest BCUT2D eigenvalue weighted by Crippen LogP contribution is 2.34. The van der Waals surface area contributed by atoms with Gasteiger partial charge < -0.3 is 9.80 Å². The third-order valence-electron chi connectivity index (χ3n) is 5.97. The van der Waals surface area contributed by atoms with Gasteiger partial charge in [-0.2, -0.15) is 13.2 Å². The molecule has 0 aliphatic carbocycles. The molecule has 10 heteroatoms. The minimum Gasteiger partial charge on any atom is -0.352 e. The Morgan fingerprint density at radius 1 is 1.00 bits per heavy atom. The number of urea groups is 1. The Morgan fingerprint density at radius 2 is 1.73 bits per heavy atom. The highest BCUT2D eigenvalue weighted by molar-refractivity contribution is 6.21. The molecule has 2 aliphatic rings. The van der Waals surface area contributed by atoms with E-state index < -0.39 is 17.9 Å². The number of fused-ring (bicyclic) bond motifs is 2. The summed E-state index contributed by atoms with van der Waals surface area (Å²) in [4.78, 5) is 39.0. The van der Waals surface area contributed by atoms with E-state index in [9.17, 15) is 22.8 Å². The van der Waals surface area contributed by atoms with Gasteiger partial charge in [0, 0.05) is 31.2 Å². The second kappa shape index (κ2) is 7.43. The summed E-state index contributed by atoms with van der Waals surface area (Å²) in [5.41, 5.74) is 1.63. The third kappa shape index (κ3) is 3.55. The van der Waals surface area contributed by atoms with E-state index in [1.54, 1.807) is 17.0 Å². The zero-order chi connectivity index (χ0) is 23.5. The predicted molar refractivity (Wildman–Crippen MR) is 116 cm³/mol. The van der Waals surface area contributed by atoms with Gasteiger partial charge in [-0.3, -0.25) is 4.79 Å². The molecule has 1 atom stereocenters. The smallest absolute Gasteiger partial charge is 0.352 e. The predicted octanol–water partition coefficient (Wildman–Crippen LogP) is 3.92.